The maximum absolute atomic E-state index is 13.3. The quantitative estimate of drug-likeness (QED) is 0.672. The summed E-state index contributed by atoms with van der Waals surface area (Å²) in [6.45, 7) is 5.36. The smallest absolute Gasteiger partial charge is 0.325 e. The van der Waals surface area contributed by atoms with Gasteiger partial charge in [0.25, 0.3) is 5.91 Å². The Morgan fingerprint density at radius 3 is 2.61 bits per heavy atom. The Balaban J connectivity index is 1.56. The number of carbonyl (C=O) groups excluding carboxylic acids is 3. The van der Waals surface area contributed by atoms with Crippen LogP contribution in [0, 0.1) is 13.8 Å². The van der Waals surface area contributed by atoms with E-state index in [1.165, 1.54) is 0 Å². The van der Waals surface area contributed by atoms with Gasteiger partial charge in [-0.05, 0) is 57.9 Å². The van der Waals surface area contributed by atoms with E-state index in [0.29, 0.717) is 35.1 Å². The summed E-state index contributed by atoms with van der Waals surface area (Å²) in [5.74, 6) is 1.76. The van der Waals surface area contributed by atoms with Crippen molar-refractivity contribution >= 4 is 17.8 Å². The largest absolute Gasteiger partial charge is 0.497 e. The van der Waals surface area contributed by atoms with Crippen LogP contribution in [0.25, 0.3) is 0 Å². The van der Waals surface area contributed by atoms with Crippen molar-refractivity contribution in [3.8, 4) is 11.5 Å². The van der Waals surface area contributed by atoms with Crippen LogP contribution in [0.1, 0.15) is 48.5 Å². The van der Waals surface area contributed by atoms with Gasteiger partial charge in [-0.2, -0.15) is 0 Å². The molecule has 2 aliphatic heterocycles. The van der Waals surface area contributed by atoms with Gasteiger partial charge >= 0.3 is 6.03 Å². The number of rotatable bonds is 6. The summed E-state index contributed by atoms with van der Waals surface area (Å²) in [4.78, 5) is 42.0. The normalized spacial score (nSPS) is 22.6. The number of nitrogens with one attached hydrogen (secondary N) is 1. The van der Waals surface area contributed by atoms with Gasteiger partial charge in [-0.25, -0.2) is 4.79 Å². The molecule has 2 aliphatic rings. The summed E-state index contributed by atoms with van der Waals surface area (Å²) in [6.07, 6.45) is 1.56. The average Bonchev–Trinajstić information content (AvgIpc) is 3.47. The maximum atomic E-state index is 13.3. The SMILES string of the molecule is COc1ccc(OC)c(C2CCCN2C(=O)CN2C(=O)NC(C)(c3cc(C)oc3C)C2=O)c1. The third-order valence-corrected chi connectivity index (χ3v) is 6.52. The summed E-state index contributed by atoms with van der Waals surface area (Å²) in [6, 6.07) is 6.40. The lowest BCUT2D eigenvalue weighted by molar-refractivity contribution is -0.139. The predicted octanol–water partition coefficient (Wildman–Crippen LogP) is 3.04. The Hall–Kier alpha value is -3.49. The van der Waals surface area contributed by atoms with Gasteiger partial charge in [-0.3, -0.25) is 14.5 Å². The Morgan fingerprint density at radius 2 is 1.97 bits per heavy atom. The summed E-state index contributed by atoms with van der Waals surface area (Å²) in [5, 5.41) is 2.74. The van der Waals surface area contributed by atoms with Gasteiger partial charge in [-0.1, -0.05) is 0 Å². The maximum Gasteiger partial charge on any atom is 0.325 e. The van der Waals surface area contributed by atoms with Crippen molar-refractivity contribution in [2.45, 2.75) is 45.2 Å². The minimum atomic E-state index is -1.28. The molecular formula is C24H29N3O6. The van der Waals surface area contributed by atoms with Gasteiger partial charge < -0.3 is 24.1 Å². The molecule has 1 aromatic heterocycles. The van der Waals surface area contributed by atoms with Gasteiger partial charge in [0.05, 0.1) is 20.3 Å². The molecule has 2 saturated heterocycles. The van der Waals surface area contributed by atoms with E-state index in [1.807, 2.05) is 12.1 Å². The lowest BCUT2D eigenvalue weighted by Gasteiger charge is -2.28. The number of aryl methyl sites for hydroxylation is 2. The molecule has 1 aromatic carbocycles. The molecule has 4 amide bonds. The molecule has 2 fully saturated rings. The monoisotopic (exact) mass is 455 g/mol. The second-order valence-electron chi connectivity index (χ2n) is 8.63. The number of carbonyl (C=O) groups is 3. The van der Waals surface area contributed by atoms with Gasteiger partial charge in [0.1, 0.15) is 35.1 Å². The van der Waals surface area contributed by atoms with E-state index >= 15 is 0 Å². The molecule has 3 heterocycles. The Bertz CT molecular complexity index is 1110. The predicted molar refractivity (Wildman–Crippen MR) is 119 cm³/mol. The van der Waals surface area contributed by atoms with E-state index in [2.05, 4.69) is 5.32 Å². The molecule has 0 aliphatic carbocycles. The van der Waals surface area contributed by atoms with Crippen molar-refractivity contribution in [1.82, 2.24) is 15.1 Å². The highest BCUT2D eigenvalue weighted by molar-refractivity contribution is 6.09. The highest BCUT2D eigenvalue weighted by Crippen LogP contribution is 2.39. The fraction of sp³-hybridized carbons (Fsp3) is 0.458. The number of benzene rings is 1. The van der Waals surface area contributed by atoms with Crippen molar-refractivity contribution < 1.29 is 28.3 Å². The number of ether oxygens (including phenoxy) is 2. The third-order valence-electron chi connectivity index (χ3n) is 6.52. The molecule has 2 aromatic rings. The lowest BCUT2D eigenvalue weighted by atomic mass is 9.92. The molecule has 9 heteroatoms. The molecule has 33 heavy (non-hydrogen) atoms. The molecule has 4 rings (SSSR count). The molecule has 2 unspecified atom stereocenters. The van der Waals surface area contributed by atoms with E-state index in [9.17, 15) is 14.4 Å². The lowest BCUT2D eigenvalue weighted by Crippen LogP contribution is -2.44. The van der Waals surface area contributed by atoms with Crippen molar-refractivity contribution in [3.63, 3.8) is 0 Å². The van der Waals surface area contributed by atoms with Crippen LogP contribution in [0.5, 0.6) is 11.5 Å². The molecule has 9 nitrogen and oxygen atoms in total. The molecule has 1 N–H and O–H groups in total. The first-order valence-corrected chi connectivity index (χ1v) is 10.9. The number of imide groups is 1. The summed E-state index contributed by atoms with van der Waals surface area (Å²) >= 11 is 0. The summed E-state index contributed by atoms with van der Waals surface area (Å²) in [5.41, 5.74) is 0.155. The number of methoxy groups -OCH3 is 2. The van der Waals surface area contributed by atoms with Crippen LogP contribution >= 0.6 is 0 Å². The third kappa shape index (κ3) is 3.81. The van der Waals surface area contributed by atoms with E-state index in [0.717, 1.165) is 23.3 Å². The fourth-order valence-corrected chi connectivity index (χ4v) is 4.86. The van der Waals surface area contributed by atoms with E-state index in [4.69, 9.17) is 13.9 Å². The molecule has 0 spiro atoms. The number of hydrogen-bond acceptors (Lipinski definition) is 6. The van der Waals surface area contributed by atoms with Crippen LogP contribution < -0.4 is 14.8 Å². The van der Waals surface area contributed by atoms with E-state index < -0.39 is 17.5 Å². The molecule has 176 valence electrons. The van der Waals surface area contributed by atoms with Gasteiger partial charge in [-0.15, -0.1) is 0 Å². The zero-order chi connectivity index (χ0) is 23.9. The molecule has 0 radical (unpaired) electrons. The first-order valence-electron chi connectivity index (χ1n) is 10.9. The zero-order valence-electron chi connectivity index (χ0n) is 19.6. The van der Waals surface area contributed by atoms with Gasteiger partial charge in [0.15, 0.2) is 0 Å². The van der Waals surface area contributed by atoms with Crippen LogP contribution in [0.3, 0.4) is 0 Å². The van der Waals surface area contributed by atoms with Crippen molar-refractivity contribution in [1.29, 1.82) is 0 Å². The second-order valence-corrected chi connectivity index (χ2v) is 8.63. The minimum absolute atomic E-state index is 0.228. The number of hydrogen-bond donors (Lipinski definition) is 1. The van der Waals surface area contributed by atoms with Crippen molar-refractivity contribution in [3.05, 3.63) is 46.9 Å². The van der Waals surface area contributed by atoms with Crippen LogP contribution in [0.2, 0.25) is 0 Å². The number of likely N-dealkylation sites (tertiary alicyclic amines) is 1. The minimum Gasteiger partial charge on any atom is -0.497 e. The standard InChI is InChI=1S/C24H29N3O6/c1-14-11-18(15(2)33-14)24(3)22(29)27(23(30)25-24)13-21(28)26-10-6-7-19(26)17-12-16(31-4)8-9-20(17)32-5/h8-9,11-12,19H,6-7,10,13H2,1-5H3,(H,25,30). The molecule has 2 atom stereocenters. The first-order chi connectivity index (χ1) is 15.7. The van der Waals surface area contributed by atoms with Crippen LogP contribution in [0.4, 0.5) is 4.79 Å². The van der Waals surface area contributed by atoms with Crippen molar-refractivity contribution in [2.75, 3.05) is 27.3 Å². The number of amides is 4. The molecular weight excluding hydrogens is 426 g/mol. The van der Waals surface area contributed by atoms with Gasteiger partial charge in [0.2, 0.25) is 5.91 Å². The molecule has 0 saturated carbocycles. The number of nitrogens with zero attached hydrogens (tertiary/aromatic N) is 2. The van der Waals surface area contributed by atoms with Crippen LogP contribution in [-0.2, 0) is 15.1 Å². The average molecular weight is 456 g/mol. The fourth-order valence-electron chi connectivity index (χ4n) is 4.86. The Labute approximate surface area is 192 Å². The Kier molecular flexibility index (Phi) is 5.82. The van der Waals surface area contributed by atoms with Crippen LogP contribution in [0.15, 0.2) is 28.7 Å². The molecule has 0 bridgehead atoms. The zero-order valence-corrected chi connectivity index (χ0v) is 19.6. The van der Waals surface area contributed by atoms with Crippen molar-refractivity contribution in [2.24, 2.45) is 0 Å². The first kappa shape index (κ1) is 22.7. The summed E-state index contributed by atoms with van der Waals surface area (Å²) in [7, 11) is 3.17. The van der Waals surface area contributed by atoms with Crippen LogP contribution in [-0.4, -0.2) is 55.0 Å². The number of urea groups is 1. The number of furan rings is 1. The second kappa shape index (κ2) is 8.46. The summed E-state index contributed by atoms with van der Waals surface area (Å²) < 4.78 is 16.4. The highest BCUT2D eigenvalue weighted by Gasteiger charge is 2.51. The highest BCUT2D eigenvalue weighted by atomic mass is 16.5. The van der Waals surface area contributed by atoms with E-state index in [-0.39, 0.29) is 18.5 Å². The van der Waals surface area contributed by atoms with E-state index in [1.54, 1.807) is 52.0 Å². The Morgan fingerprint density at radius 1 is 1.21 bits per heavy atom. The van der Waals surface area contributed by atoms with Gasteiger partial charge in [0, 0.05) is 17.7 Å². The topological polar surface area (TPSA) is 101 Å².